The molecule has 0 aromatic carbocycles. The van der Waals surface area contributed by atoms with Crippen LogP contribution in [0.5, 0.6) is 0 Å². The smallest absolute Gasteiger partial charge is 0.241 e. The van der Waals surface area contributed by atoms with Gasteiger partial charge in [0, 0.05) is 6.04 Å². The van der Waals surface area contributed by atoms with E-state index in [0.717, 1.165) is 44.1 Å². The van der Waals surface area contributed by atoms with E-state index >= 15 is 0 Å². The summed E-state index contributed by atoms with van der Waals surface area (Å²) in [6.07, 6.45) is 11.6. The molecule has 134 valence electrons. The van der Waals surface area contributed by atoms with Gasteiger partial charge in [0.05, 0.1) is 12.1 Å². The Kier molecular flexibility index (Phi) is 3.54. The maximum Gasteiger partial charge on any atom is 0.241 e. The topological polar surface area (TPSA) is 56.1 Å². The predicted molar refractivity (Wildman–Crippen MR) is 95.4 cm³/mol. The minimum Gasteiger partial charge on any atom is -0.322 e. The number of nitrogens with one attached hydrogen (secondary N) is 1. The monoisotopic (exact) mass is 339 g/mol. The van der Waals surface area contributed by atoms with Crippen LogP contribution in [-0.4, -0.2) is 35.5 Å². The van der Waals surface area contributed by atoms with Gasteiger partial charge in [-0.2, -0.15) is 5.26 Å². The highest BCUT2D eigenvalue weighted by atomic mass is 16.2. The molecule has 0 aromatic heterocycles. The molecule has 5 rings (SSSR count). The van der Waals surface area contributed by atoms with Crippen molar-refractivity contribution in [2.24, 2.45) is 23.2 Å². The lowest BCUT2D eigenvalue weighted by atomic mass is 9.70. The van der Waals surface area contributed by atoms with Crippen molar-refractivity contribution in [1.29, 1.82) is 5.26 Å². The quantitative estimate of drug-likeness (QED) is 0.784. The van der Waals surface area contributed by atoms with E-state index in [-0.39, 0.29) is 23.4 Å². The van der Waals surface area contributed by atoms with Gasteiger partial charge in [-0.25, -0.2) is 0 Å². The molecule has 7 atom stereocenters. The highest BCUT2D eigenvalue weighted by molar-refractivity contribution is 5.85. The molecule has 0 aromatic rings. The van der Waals surface area contributed by atoms with Gasteiger partial charge in [0.15, 0.2) is 0 Å². The third-order valence-corrected chi connectivity index (χ3v) is 7.88. The highest BCUT2D eigenvalue weighted by Crippen LogP contribution is 2.62. The van der Waals surface area contributed by atoms with Gasteiger partial charge in [-0.3, -0.25) is 4.79 Å². The van der Waals surface area contributed by atoms with Gasteiger partial charge in [-0.15, -0.1) is 0 Å². The van der Waals surface area contributed by atoms with Crippen LogP contribution in [0.2, 0.25) is 0 Å². The number of hydrogen-bond acceptors (Lipinski definition) is 3. The summed E-state index contributed by atoms with van der Waals surface area (Å²) in [5.41, 5.74) is 1.77. The minimum atomic E-state index is -0.186. The number of rotatable bonds is 5. The molecule has 4 heteroatoms. The molecule has 1 saturated heterocycles. The van der Waals surface area contributed by atoms with E-state index in [1.54, 1.807) is 5.57 Å². The van der Waals surface area contributed by atoms with E-state index in [1.807, 2.05) is 4.90 Å². The number of carbonyl (C=O) groups excluding carboxylic acids is 1. The molecular weight excluding hydrogens is 310 g/mol. The Balaban J connectivity index is 1.45. The molecule has 4 unspecified atom stereocenters. The Labute approximate surface area is 150 Å². The lowest BCUT2D eigenvalue weighted by Crippen LogP contribution is -2.57. The molecule has 1 amide bonds. The van der Waals surface area contributed by atoms with Crippen molar-refractivity contribution >= 4 is 5.91 Å². The molecule has 4 nitrogen and oxygen atoms in total. The first-order valence-electron chi connectivity index (χ1n) is 10.3. The number of piperidine rings is 1. The molecule has 3 saturated carbocycles. The van der Waals surface area contributed by atoms with E-state index in [9.17, 15) is 10.1 Å². The van der Waals surface area contributed by atoms with E-state index in [1.165, 1.54) is 25.7 Å². The molecular formula is C21H29N3O. The van der Waals surface area contributed by atoms with Gasteiger partial charge in [0.25, 0.3) is 0 Å². The number of fused-ring (bicyclic) bond motifs is 2. The number of nitriles is 1. The van der Waals surface area contributed by atoms with Crippen molar-refractivity contribution in [1.82, 2.24) is 10.2 Å². The van der Waals surface area contributed by atoms with Crippen molar-refractivity contribution in [2.75, 3.05) is 6.54 Å². The van der Waals surface area contributed by atoms with Crippen LogP contribution in [0.3, 0.4) is 0 Å². The van der Waals surface area contributed by atoms with Gasteiger partial charge in [-0.1, -0.05) is 18.6 Å². The average Bonchev–Trinajstić information content (AvgIpc) is 2.98. The first kappa shape index (κ1) is 15.9. The number of allylic oxidation sites excluding steroid dienone is 2. The van der Waals surface area contributed by atoms with Crippen LogP contribution in [0, 0.1) is 34.5 Å². The number of nitrogens with zero attached hydrogens (tertiary/aromatic N) is 2. The molecule has 0 radical (unpaired) electrons. The van der Waals surface area contributed by atoms with E-state index in [4.69, 9.17) is 0 Å². The summed E-state index contributed by atoms with van der Waals surface area (Å²) in [5.74, 6) is 2.37. The van der Waals surface area contributed by atoms with Crippen LogP contribution in [0.1, 0.15) is 58.3 Å². The fourth-order valence-electron chi connectivity index (χ4n) is 6.63. The molecule has 4 fully saturated rings. The molecule has 0 spiro atoms. The second-order valence-electron chi connectivity index (χ2n) is 9.24. The Bertz CT molecular complexity index is 665. The molecule has 1 heterocycles. The van der Waals surface area contributed by atoms with Crippen LogP contribution in [0.25, 0.3) is 0 Å². The summed E-state index contributed by atoms with van der Waals surface area (Å²) < 4.78 is 0. The largest absolute Gasteiger partial charge is 0.322 e. The van der Waals surface area contributed by atoms with Crippen molar-refractivity contribution in [3.63, 3.8) is 0 Å². The van der Waals surface area contributed by atoms with Crippen molar-refractivity contribution in [2.45, 2.75) is 76.4 Å². The normalized spacial score (nSPS) is 44.2. The van der Waals surface area contributed by atoms with Crippen LogP contribution in [-0.2, 0) is 4.79 Å². The van der Waals surface area contributed by atoms with Crippen LogP contribution < -0.4 is 5.32 Å². The average molecular weight is 339 g/mol. The fraction of sp³-hybridized carbons (Fsp3) is 0.810. The van der Waals surface area contributed by atoms with Gasteiger partial charge in [0.1, 0.15) is 6.04 Å². The third kappa shape index (κ3) is 2.24. The van der Waals surface area contributed by atoms with E-state index in [0.29, 0.717) is 12.0 Å². The Hall–Kier alpha value is -1.34. The summed E-state index contributed by atoms with van der Waals surface area (Å²) in [6, 6.07) is 2.48. The Morgan fingerprint density at radius 3 is 3.12 bits per heavy atom. The number of hydrogen-bond donors (Lipinski definition) is 1. The first-order valence-corrected chi connectivity index (χ1v) is 10.3. The fourth-order valence-corrected chi connectivity index (χ4v) is 6.63. The summed E-state index contributed by atoms with van der Waals surface area (Å²) in [5, 5.41) is 13.2. The van der Waals surface area contributed by atoms with E-state index < -0.39 is 0 Å². The SMILES string of the molecule is CCCN[C@H](C(=O)N1[C@H](C#N)CC2C[C@@H]21)C12CC=C3CCC(C1)C3C2. The predicted octanol–water partition coefficient (Wildman–Crippen LogP) is 3.00. The zero-order valence-corrected chi connectivity index (χ0v) is 15.2. The van der Waals surface area contributed by atoms with Crippen LogP contribution >= 0.6 is 0 Å². The van der Waals surface area contributed by atoms with Crippen LogP contribution in [0.4, 0.5) is 0 Å². The number of likely N-dealkylation sites (tertiary alicyclic amines) is 1. The molecule has 1 aliphatic heterocycles. The lowest BCUT2D eigenvalue weighted by Gasteiger charge is -2.42. The zero-order valence-electron chi connectivity index (χ0n) is 15.2. The van der Waals surface area contributed by atoms with Gasteiger partial charge in [0.2, 0.25) is 5.91 Å². The minimum absolute atomic E-state index is 0.0916. The standard InChI is InChI=1S/C21H29N3O/c1-2-7-23-19(20(25)24-16(12-22)8-15-9-18(15)24)21-6-5-13-3-4-14(10-21)17(13)11-21/h5,14-19,23H,2-4,6-11H2,1H3/t14?,15?,16-,17?,18-,19+,21?/m0/s1. The third-order valence-electron chi connectivity index (χ3n) is 7.88. The van der Waals surface area contributed by atoms with Crippen molar-refractivity contribution in [3.05, 3.63) is 11.6 Å². The molecule has 5 aliphatic rings. The van der Waals surface area contributed by atoms with Crippen molar-refractivity contribution in [3.8, 4) is 6.07 Å². The maximum atomic E-state index is 13.6. The summed E-state index contributed by atoms with van der Waals surface area (Å²) in [4.78, 5) is 15.6. The van der Waals surface area contributed by atoms with E-state index in [2.05, 4.69) is 24.4 Å². The summed E-state index contributed by atoms with van der Waals surface area (Å²) in [7, 11) is 0. The molecule has 4 aliphatic carbocycles. The molecule has 25 heavy (non-hydrogen) atoms. The number of carbonyl (C=O) groups is 1. The zero-order chi connectivity index (χ0) is 17.2. The van der Waals surface area contributed by atoms with Gasteiger partial charge in [-0.05, 0) is 81.1 Å². The molecule has 1 N–H and O–H groups in total. The summed E-state index contributed by atoms with van der Waals surface area (Å²) >= 11 is 0. The van der Waals surface area contributed by atoms with Gasteiger partial charge < -0.3 is 10.2 Å². The van der Waals surface area contributed by atoms with Gasteiger partial charge >= 0.3 is 0 Å². The van der Waals surface area contributed by atoms with Crippen molar-refractivity contribution < 1.29 is 4.79 Å². The molecule has 2 bridgehead atoms. The van der Waals surface area contributed by atoms with Crippen LogP contribution in [0.15, 0.2) is 11.6 Å². The maximum absolute atomic E-state index is 13.6. The second-order valence-corrected chi connectivity index (χ2v) is 9.24. The Morgan fingerprint density at radius 1 is 1.44 bits per heavy atom. The highest BCUT2D eigenvalue weighted by Gasteiger charge is 2.60. The lowest BCUT2D eigenvalue weighted by molar-refractivity contribution is -0.138. The summed E-state index contributed by atoms with van der Waals surface area (Å²) in [6.45, 7) is 3.06. The first-order chi connectivity index (χ1) is 12.2. The second kappa shape index (κ2) is 5.58. The Morgan fingerprint density at radius 2 is 2.32 bits per heavy atom. The number of amides is 1.